The molecule has 7 N–H and O–H groups in total. The molecule has 0 spiro atoms. The molecule has 0 unspecified atom stereocenters. The Hall–Kier alpha value is -4.94. The summed E-state index contributed by atoms with van der Waals surface area (Å²) >= 11 is 0. The molecule has 256 valence electrons. The number of H-pyrrole nitrogens is 1. The lowest BCUT2D eigenvalue weighted by atomic mass is 9.81. The highest BCUT2D eigenvalue weighted by molar-refractivity contribution is 5.98. The summed E-state index contributed by atoms with van der Waals surface area (Å²) in [5.74, 6) is 0.300. The van der Waals surface area contributed by atoms with Crippen LogP contribution < -0.4 is 27.0 Å². The van der Waals surface area contributed by atoms with E-state index in [2.05, 4.69) is 41.9 Å². The minimum Gasteiger partial charge on any atom is -0.349 e. The first-order valence-electron chi connectivity index (χ1n) is 17.2. The van der Waals surface area contributed by atoms with Crippen molar-refractivity contribution in [2.45, 2.75) is 64.0 Å². The van der Waals surface area contributed by atoms with E-state index in [1.54, 1.807) is 24.3 Å². The highest BCUT2D eigenvalue weighted by Gasteiger charge is 2.29. The Labute approximate surface area is 286 Å². The van der Waals surface area contributed by atoms with E-state index < -0.39 is 6.04 Å². The Morgan fingerprint density at radius 1 is 0.898 bits per heavy atom. The minimum atomic E-state index is -0.786. The number of nitrogens with two attached hydrogens (primary N) is 1. The van der Waals surface area contributed by atoms with Crippen LogP contribution in [0.3, 0.4) is 0 Å². The van der Waals surface area contributed by atoms with E-state index in [-0.39, 0.29) is 29.7 Å². The number of anilines is 1. The van der Waals surface area contributed by atoms with Gasteiger partial charge in [-0.25, -0.2) is 0 Å². The summed E-state index contributed by atoms with van der Waals surface area (Å²) in [6.45, 7) is 4.49. The fourth-order valence-electron chi connectivity index (χ4n) is 6.74. The van der Waals surface area contributed by atoms with Gasteiger partial charge in [0.05, 0.1) is 0 Å². The van der Waals surface area contributed by atoms with Crippen molar-refractivity contribution < 1.29 is 14.4 Å². The molecule has 1 aliphatic carbocycles. The molecule has 12 nitrogen and oxygen atoms in total. The van der Waals surface area contributed by atoms with Crippen LogP contribution in [0.15, 0.2) is 66.7 Å². The molecular weight excluding hydrogens is 618 g/mol. The summed E-state index contributed by atoms with van der Waals surface area (Å²) < 4.78 is 0. The second-order valence-corrected chi connectivity index (χ2v) is 13.2. The molecule has 0 bridgehead atoms. The lowest BCUT2D eigenvalue weighted by Gasteiger charge is -2.28. The number of nitrogens with one attached hydrogen (secondary N) is 5. The number of aryl methyl sites for hydroxylation is 1. The molecule has 3 aromatic carbocycles. The number of rotatable bonds is 11. The first kappa shape index (κ1) is 33.9. The summed E-state index contributed by atoms with van der Waals surface area (Å²) in [4.78, 5) is 40.2. The third-order valence-corrected chi connectivity index (χ3v) is 9.82. The van der Waals surface area contributed by atoms with Crippen molar-refractivity contribution >= 4 is 23.4 Å². The van der Waals surface area contributed by atoms with Gasteiger partial charge < -0.3 is 27.0 Å². The van der Waals surface area contributed by atoms with E-state index in [0.717, 1.165) is 79.4 Å². The molecule has 12 heteroatoms. The fourth-order valence-corrected chi connectivity index (χ4v) is 6.74. The molecule has 0 radical (unpaired) electrons. The van der Waals surface area contributed by atoms with Crippen LogP contribution in [0.4, 0.5) is 5.69 Å². The van der Waals surface area contributed by atoms with Gasteiger partial charge >= 0.3 is 0 Å². The van der Waals surface area contributed by atoms with Gasteiger partial charge in [-0.3, -0.25) is 14.4 Å². The zero-order chi connectivity index (χ0) is 34.2. The van der Waals surface area contributed by atoms with Crippen LogP contribution in [0.25, 0.3) is 22.5 Å². The largest absolute Gasteiger partial charge is 0.349 e. The highest BCUT2D eigenvalue weighted by Crippen LogP contribution is 2.29. The van der Waals surface area contributed by atoms with Crippen molar-refractivity contribution in [3.05, 3.63) is 83.4 Å². The maximum Gasteiger partial charge on any atom is 0.251 e. The van der Waals surface area contributed by atoms with Crippen molar-refractivity contribution in [1.82, 2.24) is 36.6 Å². The Balaban J connectivity index is 1.16. The van der Waals surface area contributed by atoms with Gasteiger partial charge in [-0.2, -0.15) is 5.21 Å². The zero-order valence-electron chi connectivity index (χ0n) is 27.9. The Morgan fingerprint density at radius 2 is 1.61 bits per heavy atom. The minimum absolute atomic E-state index is 0.0599. The van der Waals surface area contributed by atoms with Gasteiger partial charge in [0.25, 0.3) is 5.91 Å². The van der Waals surface area contributed by atoms with Crippen molar-refractivity contribution in [2.75, 3.05) is 25.0 Å². The van der Waals surface area contributed by atoms with Crippen molar-refractivity contribution in [2.24, 2.45) is 17.6 Å². The lowest BCUT2D eigenvalue weighted by Crippen LogP contribution is -2.48. The Morgan fingerprint density at radius 3 is 2.29 bits per heavy atom. The van der Waals surface area contributed by atoms with Gasteiger partial charge in [0.2, 0.25) is 17.6 Å². The maximum absolute atomic E-state index is 13.7. The lowest BCUT2D eigenvalue weighted by molar-refractivity contribution is -0.130. The van der Waals surface area contributed by atoms with Crippen LogP contribution in [0.1, 0.15) is 60.0 Å². The van der Waals surface area contributed by atoms with E-state index in [4.69, 9.17) is 5.73 Å². The quantitative estimate of drug-likeness (QED) is 0.140. The predicted octanol–water partition coefficient (Wildman–Crippen LogP) is 3.76. The summed E-state index contributed by atoms with van der Waals surface area (Å²) in [5, 5.41) is 26.6. The van der Waals surface area contributed by atoms with Crippen LogP contribution in [0, 0.1) is 18.8 Å². The molecule has 1 aromatic heterocycles. The molecule has 2 aliphatic rings. The van der Waals surface area contributed by atoms with Gasteiger partial charge in [0.15, 0.2) is 0 Å². The monoisotopic (exact) mass is 663 g/mol. The van der Waals surface area contributed by atoms with Crippen molar-refractivity contribution in [1.29, 1.82) is 0 Å². The number of aromatic amines is 1. The number of benzene rings is 3. The van der Waals surface area contributed by atoms with Gasteiger partial charge in [-0.15, -0.1) is 10.2 Å². The number of carbonyl (C=O) groups is 3. The average Bonchev–Trinajstić information content (AvgIpc) is 3.68. The van der Waals surface area contributed by atoms with Gasteiger partial charge in [0, 0.05) is 35.2 Å². The number of amides is 3. The molecular formula is C37H45N9O3. The number of tetrazole rings is 1. The standard InChI is InChI=1S/C37H45N9O3/c1-23-2-7-29(36(48)40-31-16-18-39-19-17-31)21-32(23)26-8-3-24(4-9-26)20-33(42-35(47)28-10-5-25(22-38)6-11-28)37(49)41-30-14-12-27(13-15-30)34-43-45-46-44-34/h2-4,7-9,12-15,21,25,28,31,33,39H,5-6,10-11,16-20,22,38H2,1H3,(H,40,48)(H,41,49)(H,42,47)(H,43,44,45,46)/t25-,28-,33-/m0/s1. The Kier molecular flexibility index (Phi) is 11.1. The first-order valence-corrected chi connectivity index (χ1v) is 17.2. The van der Waals surface area contributed by atoms with Crippen LogP contribution in [0.2, 0.25) is 0 Å². The number of piperidine rings is 1. The predicted molar refractivity (Wildman–Crippen MR) is 188 cm³/mol. The normalized spacial score (nSPS) is 18.7. The van der Waals surface area contributed by atoms with E-state index in [9.17, 15) is 14.4 Å². The zero-order valence-corrected chi connectivity index (χ0v) is 27.9. The van der Waals surface area contributed by atoms with E-state index in [1.165, 1.54) is 0 Å². The molecule has 1 aliphatic heterocycles. The smallest absolute Gasteiger partial charge is 0.251 e. The summed E-state index contributed by atoms with van der Waals surface area (Å²) in [6.07, 6.45) is 5.53. The summed E-state index contributed by atoms with van der Waals surface area (Å²) in [5.41, 5.74) is 11.8. The van der Waals surface area contributed by atoms with Gasteiger partial charge in [-0.1, -0.05) is 30.3 Å². The molecule has 2 heterocycles. The van der Waals surface area contributed by atoms with E-state index >= 15 is 0 Å². The number of hydrogen-bond donors (Lipinski definition) is 6. The average molecular weight is 664 g/mol. The van der Waals surface area contributed by atoms with E-state index in [0.29, 0.717) is 36.0 Å². The molecule has 1 saturated carbocycles. The molecule has 1 atom stereocenters. The summed E-state index contributed by atoms with van der Waals surface area (Å²) in [6, 6.07) is 20.3. The van der Waals surface area contributed by atoms with Crippen LogP contribution in [0.5, 0.6) is 0 Å². The highest BCUT2D eigenvalue weighted by atomic mass is 16.2. The number of carbonyl (C=O) groups excluding carboxylic acids is 3. The molecule has 4 aromatic rings. The second kappa shape index (κ2) is 16.0. The fraction of sp³-hybridized carbons (Fsp3) is 0.405. The second-order valence-electron chi connectivity index (χ2n) is 13.2. The SMILES string of the molecule is Cc1ccc(C(=O)NC2CCNCC2)cc1-c1ccc(C[C@H](NC(=O)[C@H]2CC[C@H](CN)CC2)C(=O)Nc2ccc(-c3nn[nH]n3)cc2)cc1. The molecule has 1 saturated heterocycles. The topological polar surface area (TPSA) is 180 Å². The maximum atomic E-state index is 13.7. The van der Waals surface area contributed by atoms with Crippen LogP contribution in [-0.4, -0.2) is 70.1 Å². The molecule has 6 rings (SSSR count). The van der Waals surface area contributed by atoms with Crippen molar-refractivity contribution in [3.8, 4) is 22.5 Å². The Bertz CT molecular complexity index is 1710. The number of hydrogen-bond acceptors (Lipinski definition) is 8. The number of nitrogens with zero attached hydrogens (tertiary/aromatic N) is 3. The summed E-state index contributed by atoms with van der Waals surface area (Å²) in [7, 11) is 0. The van der Waals surface area contributed by atoms with E-state index in [1.807, 2.05) is 49.4 Å². The molecule has 49 heavy (non-hydrogen) atoms. The third-order valence-electron chi connectivity index (χ3n) is 9.82. The van der Waals surface area contributed by atoms with Gasteiger partial charge in [0.1, 0.15) is 6.04 Å². The van der Waals surface area contributed by atoms with Crippen LogP contribution in [-0.2, 0) is 16.0 Å². The number of aromatic nitrogens is 4. The van der Waals surface area contributed by atoms with Gasteiger partial charge in [-0.05, 0) is 135 Å². The first-order chi connectivity index (χ1) is 23.9. The van der Waals surface area contributed by atoms with Crippen LogP contribution >= 0.6 is 0 Å². The third kappa shape index (κ3) is 8.76. The molecule has 2 fully saturated rings. The molecule has 3 amide bonds. The van der Waals surface area contributed by atoms with Crippen molar-refractivity contribution in [3.63, 3.8) is 0 Å².